The Balaban J connectivity index is 1.66. The first-order valence-corrected chi connectivity index (χ1v) is 13.5. The first-order valence-electron chi connectivity index (χ1n) is 10.6. The van der Waals surface area contributed by atoms with Crippen LogP contribution in [-0.2, 0) is 20.1 Å². The predicted octanol–water partition coefficient (Wildman–Crippen LogP) is 5.13. The van der Waals surface area contributed by atoms with Gasteiger partial charge in [-0.05, 0) is 54.6 Å². The third-order valence-corrected chi connectivity index (χ3v) is 7.37. The molecule has 0 fully saturated rings. The lowest BCUT2D eigenvalue weighted by Crippen LogP contribution is -2.13. The zero-order valence-electron chi connectivity index (χ0n) is 18.9. The lowest BCUT2D eigenvalue weighted by atomic mass is 10.2. The number of rotatable bonds is 9. The highest BCUT2D eigenvalue weighted by Crippen LogP contribution is 2.34. The van der Waals surface area contributed by atoms with Gasteiger partial charge in [0.2, 0.25) is 0 Å². The molecule has 0 heterocycles. The molecule has 190 valence electrons. The number of nitrogens with zero attached hydrogens (tertiary/aromatic N) is 1. The van der Waals surface area contributed by atoms with Crippen LogP contribution in [-0.4, -0.2) is 26.3 Å². The van der Waals surface area contributed by atoms with Crippen LogP contribution in [0.5, 0.6) is 0 Å². The van der Waals surface area contributed by atoms with Gasteiger partial charge in [-0.1, -0.05) is 36.4 Å². The molecule has 0 aliphatic heterocycles. The summed E-state index contributed by atoms with van der Waals surface area (Å²) in [5.41, 5.74) is 0.401. The molecule has 4 aromatic carbocycles. The molecule has 0 saturated heterocycles. The van der Waals surface area contributed by atoms with Crippen molar-refractivity contribution in [2.75, 3.05) is 15.4 Å². The fourth-order valence-electron chi connectivity index (χ4n) is 3.40. The van der Waals surface area contributed by atoms with Crippen molar-refractivity contribution in [1.29, 1.82) is 0 Å². The van der Waals surface area contributed by atoms with E-state index in [1.165, 1.54) is 36.4 Å². The summed E-state index contributed by atoms with van der Waals surface area (Å²) in [4.78, 5) is 10.2. The Morgan fingerprint density at radius 2 is 1.24 bits per heavy atom. The van der Waals surface area contributed by atoms with Crippen LogP contribution in [0.15, 0.2) is 107 Å². The van der Waals surface area contributed by atoms with E-state index in [9.17, 15) is 31.5 Å². The first-order chi connectivity index (χ1) is 17.5. The summed E-state index contributed by atoms with van der Waals surface area (Å²) in [5.74, 6) is 0. The van der Waals surface area contributed by atoms with Crippen LogP contribution < -0.4 is 15.4 Å². The molecule has 13 heteroatoms. The van der Waals surface area contributed by atoms with Gasteiger partial charge >= 0.3 is 0 Å². The number of benzene rings is 4. The van der Waals surface area contributed by atoms with Crippen LogP contribution >= 0.6 is 0 Å². The topological polar surface area (TPSA) is 168 Å². The van der Waals surface area contributed by atoms with E-state index in [4.69, 9.17) is 0 Å². The molecule has 37 heavy (non-hydrogen) atoms. The van der Waals surface area contributed by atoms with Crippen molar-refractivity contribution in [3.05, 3.63) is 107 Å². The number of nitro groups is 1. The van der Waals surface area contributed by atoms with Gasteiger partial charge in [0.15, 0.2) is 0 Å². The molecule has 0 unspecified atom stereocenters. The molecule has 0 radical (unpaired) electrons. The molecule has 4 N–H and O–H groups in total. The molecule has 0 aliphatic carbocycles. The van der Waals surface area contributed by atoms with Gasteiger partial charge in [-0.25, -0.2) is 8.42 Å². The number of hydrogen-bond donors (Lipinski definition) is 4. The monoisotopic (exact) mass is 540 g/mol. The van der Waals surface area contributed by atoms with Gasteiger partial charge in [0.1, 0.15) is 10.6 Å². The molecule has 0 aliphatic rings. The Kier molecular flexibility index (Phi) is 7.11. The predicted molar refractivity (Wildman–Crippen MR) is 140 cm³/mol. The van der Waals surface area contributed by atoms with Crippen LogP contribution in [0.25, 0.3) is 0 Å². The van der Waals surface area contributed by atoms with Gasteiger partial charge < -0.3 is 10.6 Å². The Morgan fingerprint density at radius 1 is 0.676 bits per heavy atom. The van der Waals surface area contributed by atoms with Crippen molar-refractivity contribution in [2.24, 2.45) is 0 Å². The standard InChI is InChI=1S/C24H20N4O7S2/c29-28(30)23-16-20(36(31,32)27-18-9-5-2-6-10-18)12-14-21(23)26-19-11-13-22(24(15-19)37(33,34)35)25-17-7-3-1-4-8-17/h1-16,25-27H,(H,33,34,35). The van der Waals surface area contributed by atoms with E-state index in [2.05, 4.69) is 15.4 Å². The van der Waals surface area contributed by atoms with Crippen molar-refractivity contribution >= 4 is 54.3 Å². The molecule has 11 nitrogen and oxygen atoms in total. The van der Waals surface area contributed by atoms with Gasteiger partial charge in [0, 0.05) is 23.1 Å². The average Bonchev–Trinajstić information content (AvgIpc) is 2.85. The summed E-state index contributed by atoms with van der Waals surface area (Å²) in [5, 5.41) is 17.4. The van der Waals surface area contributed by atoms with E-state index in [-0.39, 0.29) is 27.6 Å². The van der Waals surface area contributed by atoms with Crippen LogP contribution in [0, 0.1) is 10.1 Å². The summed E-state index contributed by atoms with van der Waals surface area (Å²) < 4.78 is 61.6. The van der Waals surface area contributed by atoms with Gasteiger partial charge in [0.05, 0.1) is 15.5 Å². The van der Waals surface area contributed by atoms with Crippen molar-refractivity contribution in [1.82, 2.24) is 0 Å². The fraction of sp³-hybridized carbons (Fsp3) is 0. The minimum Gasteiger partial charge on any atom is -0.354 e. The lowest BCUT2D eigenvalue weighted by Gasteiger charge is -2.14. The lowest BCUT2D eigenvalue weighted by molar-refractivity contribution is -0.384. The third kappa shape index (κ3) is 6.22. The van der Waals surface area contributed by atoms with Crippen LogP contribution in [0.3, 0.4) is 0 Å². The van der Waals surface area contributed by atoms with Crippen molar-refractivity contribution in [3.8, 4) is 0 Å². The van der Waals surface area contributed by atoms with E-state index < -0.39 is 35.6 Å². The average molecular weight is 541 g/mol. The number of para-hydroxylation sites is 2. The summed E-state index contributed by atoms with van der Waals surface area (Å²) in [7, 11) is -8.80. The molecule has 0 saturated carbocycles. The van der Waals surface area contributed by atoms with E-state index in [0.29, 0.717) is 5.69 Å². The second-order valence-corrected chi connectivity index (χ2v) is 10.8. The van der Waals surface area contributed by atoms with Gasteiger partial charge in [-0.2, -0.15) is 8.42 Å². The molecule has 4 aromatic rings. The Bertz CT molecular complexity index is 1660. The summed E-state index contributed by atoms with van der Waals surface area (Å²) in [6.07, 6.45) is 0. The van der Waals surface area contributed by atoms with E-state index in [1.54, 1.807) is 48.5 Å². The highest BCUT2D eigenvalue weighted by Gasteiger charge is 2.23. The summed E-state index contributed by atoms with van der Waals surface area (Å²) >= 11 is 0. The Hall–Kier alpha value is -4.46. The number of nitrogens with one attached hydrogen (secondary N) is 3. The zero-order chi connectivity index (χ0) is 26.6. The quantitative estimate of drug-likeness (QED) is 0.128. The smallest absolute Gasteiger partial charge is 0.296 e. The van der Waals surface area contributed by atoms with Crippen molar-refractivity contribution < 1.29 is 26.3 Å². The number of nitro benzene ring substituents is 1. The third-order valence-electron chi connectivity index (χ3n) is 5.09. The summed E-state index contributed by atoms with van der Waals surface area (Å²) in [6.45, 7) is 0. The van der Waals surface area contributed by atoms with Gasteiger partial charge in [-0.3, -0.25) is 19.4 Å². The van der Waals surface area contributed by atoms with Crippen LogP contribution in [0.4, 0.5) is 34.1 Å². The largest absolute Gasteiger partial charge is 0.354 e. The molecule has 0 aromatic heterocycles. The zero-order valence-corrected chi connectivity index (χ0v) is 20.5. The first kappa shape index (κ1) is 25.6. The highest BCUT2D eigenvalue weighted by atomic mass is 32.2. The second kappa shape index (κ2) is 10.3. The van der Waals surface area contributed by atoms with E-state index in [0.717, 1.165) is 12.1 Å². The molecule has 0 bridgehead atoms. The van der Waals surface area contributed by atoms with Gasteiger partial charge in [0.25, 0.3) is 25.8 Å². The second-order valence-electron chi connectivity index (χ2n) is 7.71. The highest BCUT2D eigenvalue weighted by molar-refractivity contribution is 7.92. The maximum atomic E-state index is 12.7. The van der Waals surface area contributed by atoms with E-state index in [1.807, 2.05) is 0 Å². The molecule has 0 amide bonds. The Morgan fingerprint density at radius 3 is 1.84 bits per heavy atom. The minimum atomic E-state index is -4.67. The normalized spacial score (nSPS) is 11.5. The molecule has 0 spiro atoms. The SMILES string of the molecule is O=[N+]([O-])c1cc(S(=O)(=O)Nc2ccccc2)ccc1Nc1ccc(Nc2ccccc2)c(S(=O)(=O)O)c1. The minimum absolute atomic E-state index is 0.0853. The fourth-order valence-corrected chi connectivity index (χ4v) is 5.16. The Labute approximate surface area is 212 Å². The maximum Gasteiger partial charge on any atom is 0.296 e. The number of anilines is 5. The molecule has 0 atom stereocenters. The molecular formula is C24H20N4O7S2. The van der Waals surface area contributed by atoms with E-state index >= 15 is 0 Å². The van der Waals surface area contributed by atoms with Crippen LogP contribution in [0.2, 0.25) is 0 Å². The van der Waals surface area contributed by atoms with Gasteiger partial charge in [-0.15, -0.1) is 0 Å². The molecular weight excluding hydrogens is 520 g/mol. The van der Waals surface area contributed by atoms with Crippen LogP contribution in [0.1, 0.15) is 0 Å². The van der Waals surface area contributed by atoms with Crippen molar-refractivity contribution in [3.63, 3.8) is 0 Å². The summed E-state index contributed by atoms with van der Waals surface area (Å²) in [6, 6.07) is 23.9. The molecule has 4 rings (SSSR count). The maximum absolute atomic E-state index is 12.7. The number of hydrogen-bond acceptors (Lipinski definition) is 8. The van der Waals surface area contributed by atoms with Crippen molar-refractivity contribution in [2.45, 2.75) is 9.79 Å². The number of sulfonamides is 1.